The minimum Gasteiger partial charge on any atom is -0.258 e. The molecule has 0 aliphatic carbocycles. The first-order valence-electron chi connectivity index (χ1n) is 16.3. The van der Waals surface area contributed by atoms with E-state index in [4.69, 9.17) is 0 Å². The fourth-order valence-electron chi connectivity index (χ4n) is 6.34. The predicted octanol–water partition coefficient (Wildman–Crippen LogP) is 4.65. The van der Waals surface area contributed by atoms with Crippen LogP contribution in [-0.2, 0) is 43.2 Å². The zero-order valence-corrected chi connectivity index (χ0v) is 30.9. The van der Waals surface area contributed by atoms with Gasteiger partial charge in [-0.25, -0.2) is 25.3 Å². The number of para-hydroxylation sites is 3. The van der Waals surface area contributed by atoms with Crippen LogP contribution in [0.5, 0.6) is 0 Å². The van der Waals surface area contributed by atoms with E-state index in [-0.39, 0.29) is 0 Å². The molecule has 0 saturated heterocycles. The van der Waals surface area contributed by atoms with Crippen LogP contribution in [0.25, 0.3) is 10.8 Å². The van der Waals surface area contributed by atoms with Gasteiger partial charge in [0.15, 0.2) is 14.7 Å². The number of sulfonamides is 3. The van der Waals surface area contributed by atoms with Crippen molar-refractivity contribution in [3.8, 4) is 0 Å². The Kier molecular flexibility index (Phi) is 10.8. The number of nitrogens with zero attached hydrogens (tertiary/aromatic N) is 6. The average molecular weight is 811 g/mol. The molecule has 0 aromatic heterocycles. The van der Waals surface area contributed by atoms with Gasteiger partial charge in [-0.3, -0.25) is 30.3 Å². The Morgan fingerprint density at radius 1 is 0.400 bits per heavy atom. The van der Waals surface area contributed by atoms with Crippen LogP contribution in [0.15, 0.2) is 124 Å². The third-order valence-electron chi connectivity index (χ3n) is 9.04. The molecule has 0 fully saturated rings. The maximum Gasteiger partial charge on any atom is 0.289 e. The Hall–Kier alpha value is -5.71. The Bertz CT molecular complexity index is 2550. The highest BCUT2D eigenvalue weighted by Crippen LogP contribution is 2.34. The van der Waals surface area contributed by atoms with Gasteiger partial charge in [0.25, 0.3) is 17.1 Å². The van der Waals surface area contributed by atoms with Crippen molar-refractivity contribution in [2.45, 2.75) is 27.8 Å². The largest absolute Gasteiger partial charge is 0.289 e. The lowest BCUT2D eigenvalue weighted by atomic mass is 9.99. The SMILES string of the molecule is O=[N+]([O-])c1ccccc1S(=O)(=O)N1CCN(S(=O)(=O)c2ccccc2[N+](=O)[O-])Cc2ccc(c3ccccc23)CN(S(=O)(=O)c2ccccc2[N+](=O)[O-])CC1. The van der Waals surface area contributed by atoms with Crippen LogP contribution in [0.2, 0.25) is 0 Å². The summed E-state index contributed by atoms with van der Waals surface area (Å²) in [6.07, 6.45) is 0. The summed E-state index contributed by atoms with van der Waals surface area (Å²) < 4.78 is 88.5. The number of rotatable bonds is 9. The molecule has 2 bridgehead atoms. The van der Waals surface area contributed by atoms with Crippen molar-refractivity contribution in [2.24, 2.45) is 0 Å². The first-order chi connectivity index (χ1) is 26.0. The minimum absolute atomic E-state index is 0.377. The molecule has 5 aromatic rings. The fourth-order valence-corrected chi connectivity index (χ4v) is 11.1. The van der Waals surface area contributed by atoms with Crippen molar-refractivity contribution in [1.29, 1.82) is 0 Å². The van der Waals surface area contributed by atoms with Crippen LogP contribution >= 0.6 is 0 Å². The molecule has 5 aromatic carbocycles. The molecule has 0 radical (unpaired) electrons. The quantitative estimate of drug-likeness (QED) is 0.112. The molecular formula is C34H30N6O12S3. The van der Waals surface area contributed by atoms with Gasteiger partial charge in [-0.1, -0.05) is 72.8 Å². The van der Waals surface area contributed by atoms with E-state index in [2.05, 4.69) is 0 Å². The van der Waals surface area contributed by atoms with Crippen molar-refractivity contribution >= 4 is 57.9 Å². The van der Waals surface area contributed by atoms with E-state index < -0.39 is 116 Å². The van der Waals surface area contributed by atoms with Crippen LogP contribution in [0, 0.1) is 30.3 Å². The summed E-state index contributed by atoms with van der Waals surface area (Å²) in [5.74, 6) is 0. The van der Waals surface area contributed by atoms with Gasteiger partial charge in [0.1, 0.15) is 0 Å². The summed E-state index contributed by atoms with van der Waals surface area (Å²) in [7, 11) is -14.5. The number of hydrogen-bond donors (Lipinski definition) is 0. The predicted molar refractivity (Wildman–Crippen MR) is 197 cm³/mol. The van der Waals surface area contributed by atoms with Crippen molar-refractivity contribution < 1.29 is 40.0 Å². The summed E-state index contributed by atoms with van der Waals surface area (Å²) in [5.41, 5.74) is -1.51. The van der Waals surface area contributed by atoms with Crippen molar-refractivity contribution in [3.05, 3.63) is 151 Å². The fraction of sp³-hybridized carbons (Fsp3) is 0.176. The van der Waals surface area contributed by atoms with Crippen LogP contribution in [0.4, 0.5) is 17.1 Å². The molecule has 2 aliphatic heterocycles. The molecule has 21 heteroatoms. The third kappa shape index (κ3) is 7.52. The van der Waals surface area contributed by atoms with Gasteiger partial charge in [0, 0.05) is 57.5 Å². The zero-order valence-electron chi connectivity index (χ0n) is 28.4. The topological polar surface area (TPSA) is 242 Å². The van der Waals surface area contributed by atoms with E-state index in [9.17, 15) is 55.6 Å². The molecule has 0 saturated carbocycles. The van der Waals surface area contributed by atoms with Crippen LogP contribution in [0.1, 0.15) is 11.1 Å². The van der Waals surface area contributed by atoms with Gasteiger partial charge < -0.3 is 0 Å². The summed E-state index contributed by atoms with van der Waals surface area (Å²) >= 11 is 0. The van der Waals surface area contributed by atoms with E-state index in [1.165, 1.54) is 36.4 Å². The second kappa shape index (κ2) is 15.2. The maximum atomic E-state index is 14.4. The maximum absolute atomic E-state index is 14.4. The molecule has 55 heavy (non-hydrogen) atoms. The molecule has 7 rings (SSSR count). The molecular weight excluding hydrogens is 781 g/mol. The highest BCUT2D eigenvalue weighted by atomic mass is 32.2. The molecule has 0 spiro atoms. The monoisotopic (exact) mass is 810 g/mol. The van der Waals surface area contributed by atoms with Gasteiger partial charge in [-0.15, -0.1) is 0 Å². The smallest absolute Gasteiger partial charge is 0.258 e. The molecule has 18 nitrogen and oxygen atoms in total. The number of nitro groups is 3. The molecule has 0 N–H and O–H groups in total. The van der Waals surface area contributed by atoms with E-state index in [0.29, 0.717) is 26.2 Å². The lowest BCUT2D eigenvalue weighted by Gasteiger charge is -2.29. The molecule has 2 heterocycles. The van der Waals surface area contributed by atoms with E-state index >= 15 is 0 Å². The summed E-state index contributed by atoms with van der Waals surface area (Å²) in [6.45, 7) is -3.56. The molecule has 286 valence electrons. The van der Waals surface area contributed by atoms with Crippen LogP contribution in [0.3, 0.4) is 0 Å². The summed E-state index contributed by atoms with van der Waals surface area (Å²) in [5, 5.41) is 36.8. The van der Waals surface area contributed by atoms with Gasteiger partial charge >= 0.3 is 0 Å². The Morgan fingerprint density at radius 2 is 0.673 bits per heavy atom. The first kappa shape index (κ1) is 39.0. The van der Waals surface area contributed by atoms with Gasteiger partial charge in [-0.2, -0.15) is 12.9 Å². The molecule has 0 amide bonds. The lowest BCUT2D eigenvalue weighted by Crippen LogP contribution is -2.44. The number of hydrogen-bond acceptors (Lipinski definition) is 12. The van der Waals surface area contributed by atoms with Gasteiger partial charge in [0.05, 0.1) is 14.8 Å². The lowest BCUT2D eigenvalue weighted by molar-refractivity contribution is -0.388. The minimum atomic E-state index is -4.91. The van der Waals surface area contributed by atoms with Crippen LogP contribution < -0.4 is 0 Å². The van der Waals surface area contributed by atoms with Crippen LogP contribution in [-0.4, -0.2) is 79.1 Å². The van der Waals surface area contributed by atoms with E-state index in [1.807, 2.05) is 0 Å². The molecule has 0 atom stereocenters. The van der Waals surface area contributed by atoms with Crippen molar-refractivity contribution in [1.82, 2.24) is 12.9 Å². The standard InChI is InChI=1S/C34H30N6O12S3/c41-38(42)29-11-3-6-14-32(29)53(47,48)35-19-21-36(54(49,50)33-15-7-4-12-30(33)39(43)44)23-25-17-18-26(28-10-2-1-9-27(25)28)24-37(22-20-35)55(51,52)34-16-8-5-13-31(34)40(45)46/h1-18H,19-24H2. The average Bonchev–Trinajstić information content (AvgIpc) is 3.19. The first-order valence-corrected chi connectivity index (χ1v) is 20.6. The van der Waals surface area contributed by atoms with Crippen molar-refractivity contribution in [3.63, 3.8) is 0 Å². The Labute approximate surface area is 314 Å². The number of nitro benzene ring substituents is 3. The third-order valence-corrected chi connectivity index (χ3v) is 14.8. The molecule has 0 unspecified atom stereocenters. The van der Waals surface area contributed by atoms with Crippen molar-refractivity contribution in [2.75, 3.05) is 26.2 Å². The molecule has 2 aliphatic rings. The summed E-state index contributed by atoms with van der Waals surface area (Å²) in [6, 6.07) is 23.4. The zero-order chi connectivity index (χ0) is 39.7. The highest BCUT2D eigenvalue weighted by molar-refractivity contribution is 7.90. The summed E-state index contributed by atoms with van der Waals surface area (Å²) in [4.78, 5) is 31.1. The normalized spacial score (nSPS) is 15.5. The Balaban J connectivity index is 1.56. The number of benzene rings is 5. The van der Waals surface area contributed by atoms with Gasteiger partial charge in [0.2, 0.25) is 30.1 Å². The second-order valence-electron chi connectivity index (χ2n) is 12.2. The van der Waals surface area contributed by atoms with Gasteiger partial charge in [-0.05, 0) is 40.1 Å². The number of fused-ring (bicyclic) bond motifs is 9. The van der Waals surface area contributed by atoms with E-state index in [1.54, 1.807) is 36.4 Å². The Morgan fingerprint density at radius 3 is 1.00 bits per heavy atom. The second-order valence-corrected chi connectivity index (χ2v) is 17.9. The van der Waals surface area contributed by atoms with E-state index in [0.717, 1.165) is 45.0 Å². The highest BCUT2D eigenvalue weighted by Gasteiger charge is 2.38.